The average Bonchev–Trinajstić information content (AvgIpc) is 2.60. The molecule has 8 heteroatoms. The fourth-order valence-corrected chi connectivity index (χ4v) is 2.88. The zero-order chi connectivity index (χ0) is 20.0. The van der Waals surface area contributed by atoms with Crippen LogP contribution in [0.25, 0.3) is 0 Å². The first-order valence-electron chi connectivity index (χ1n) is 8.12. The summed E-state index contributed by atoms with van der Waals surface area (Å²) in [5.74, 6) is -0.986. The lowest BCUT2D eigenvalue weighted by Crippen LogP contribution is -2.48. The largest absolute Gasteiger partial charge is 0.340 e. The third-order valence-electron chi connectivity index (χ3n) is 3.66. The van der Waals surface area contributed by atoms with Crippen LogP contribution in [0.1, 0.15) is 29.8 Å². The predicted molar refractivity (Wildman–Crippen MR) is 110 cm³/mol. The summed E-state index contributed by atoms with van der Waals surface area (Å²) >= 11 is 17.8. The molecule has 2 N–H and O–H groups in total. The summed E-state index contributed by atoms with van der Waals surface area (Å²) in [4.78, 5) is 24.8. The van der Waals surface area contributed by atoms with Crippen molar-refractivity contribution >= 4 is 52.8 Å². The number of hydrogen-bond acceptors (Lipinski definition) is 3. The van der Waals surface area contributed by atoms with E-state index in [0.717, 1.165) is 0 Å². The van der Waals surface area contributed by atoms with Crippen LogP contribution in [0, 0.1) is 5.92 Å². The lowest BCUT2D eigenvalue weighted by atomic mass is 10.0. The number of nitrogens with zero attached hydrogens (tertiary/aromatic N) is 1. The molecule has 0 saturated carbocycles. The van der Waals surface area contributed by atoms with E-state index in [0.29, 0.717) is 26.2 Å². The van der Waals surface area contributed by atoms with Crippen LogP contribution in [0.2, 0.25) is 15.1 Å². The highest BCUT2D eigenvalue weighted by molar-refractivity contribution is 6.36. The van der Waals surface area contributed by atoms with Gasteiger partial charge in [-0.15, -0.1) is 0 Å². The minimum Gasteiger partial charge on any atom is -0.340 e. The summed E-state index contributed by atoms with van der Waals surface area (Å²) in [6.07, 6.45) is 1.41. The molecule has 1 unspecified atom stereocenters. The second-order valence-corrected chi connectivity index (χ2v) is 7.39. The van der Waals surface area contributed by atoms with E-state index in [1.54, 1.807) is 36.4 Å². The Balaban J connectivity index is 2.04. The van der Waals surface area contributed by atoms with Gasteiger partial charge in [0.25, 0.3) is 11.8 Å². The maximum absolute atomic E-state index is 12.4. The highest BCUT2D eigenvalue weighted by atomic mass is 35.5. The average molecular weight is 427 g/mol. The number of hydrogen-bond donors (Lipinski definition) is 2. The van der Waals surface area contributed by atoms with Crippen molar-refractivity contribution in [3.8, 4) is 0 Å². The maximum Gasteiger partial charge on any atom is 0.262 e. The highest BCUT2D eigenvalue weighted by Gasteiger charge is 2.24. The molecule has 2 amide bonds. The first-order chi connectivity index (χ1) is 12.8. The second-order valence-electron chi connectivity index (χ2n) is 6.11. The van der Waals surface area contributed by atoms with Gasteiger partial charge in [-0.3, -0.25) is 9.59 Å². The number of rotatable bonds is 6. The lowest BCUT2D eigenvalue weighted by Gasteiger charge is -2.20. The van der Waals surface area contributed by atoms with Gasteiger partial charge < -0.3 is 5.32 Å². The van der Waals surface area contributed by atoms with Crippen molar-refractivity contribution in [2.75, 3.05) is 0 Å². The van der Waals surface area contributed by atoms with Crippen LogP contribution in [-0.2, 0) is 4.79 Å². The fraction of sp³-hybridized carbons (Fsp3) is 0.211. The quantitative estimate of drug-likeness (QED) is 0.525. The molecular formula is C19H18Cl3N3O2. The van der Waals surface area contributed by atoms with Crippen LogP contribution in [0.3, 0.4) is 0 Å². The summed E-state index contributed by atoms with van der Waals surface area (Å²) < 4.78 is 0. The summed E-state index contributed by atoms with van der Waals surface area (Å²) in [5.41, 5.74) is 3.40. The summed E-state index contributed by atoms with van der Waals surface area (Å²) in [6.45, 7) is 3.64. The van der Waals surface area contributed by atoms with E-state index in [1.807, 2.05) is 13.8 Å². The van der Waals surface area contributed by atoms with Crippen LogP contribution in [0.15, 0.2) is 47.6 Å². The molecule has 2 aromatic rings. The van der Waals surface area contributed by atoms with Gasteiger partial charge in [-0.2, -0.15) is 5.10 Å². The molecule has 0 bridgehead atoms. The molecule has 0 saturated heterocycles. The van der Waals surface area contributed by atoms with Crippen molar-refractivity contribution in [1.29, 1.82) is 0 Å². The Kier molecular flexibility index (Phi) is 7.66. The Morgan fingerprint density at radius 3 is 2.37 bits per heavy atom. The van der Waals surface area contributed by atoms with Crippen LogP contribution in [-0.4, -0.2) is 24.1 Å². The molecule has 2 aromatic carbocycles. The number of halogens is 3. The lowest BCUT2D eigenvalue weighted by molar-refractivity contribution is -0.123. The molecule has 142 valence electrons. The van der Waals surface area contributed by atoms with Crippen molar-refractivity contribution < 1.29 is 9.59 Å². The molecule has 2 rings (SSSR count). The Hall–Kier alpha value is -2.08. The molecule has 1 atom stereocenters. The minimum atomic E-state index is -0.769. The predicted octanol–water partition coefficient (Wildman–Crippen LogP) is 4.55. The number of benzene rings is 2. The van der Waals surface area contributed by atoms with Crippen molar-refractivity contribution in [2.24, 2.45) is 11.0 Å². The first kappa shape index (κ1) is 21.2. The van der Waals surface area contributed by atoms with Crippen molar-refractivity contribution in [1.82, 2.24) is 10.7 Å². The third kappa shape index (κ3) is 6.24. The van der Waals surface area contributed by atoms with Gasteiger partial charge in [-0.1, -0.05) is 60.8 Å². The van der Waals surface area contributed by atoms with Crippen LogP contribution in [0.4, 0.5) is 0 Å². The Bertz CT molecular complexity index is 869. The van der Waals surface area contributed by atoms with E-state index >= 15 is 0 Å². The topological polar surface area (TPSA) is 70.6 Å². The maximum atomic E-state index is 12.4. The second kappa shape index (κ2) is 9.74. The molecule has 0 aliphatic heterocycles. The van der Waals surface area contributed by atoms with E-state index in [-0.39, 0.29) is 5.92 Å². The zero-order valence-corrected chi connectivity index (χ0v) is 16.9. The summed E-state index contributed by atoms with van der Waals surface area (Å²) in [7, 11) is 0. The first-order valence-corrected chi connectivity index (χ1v) is 9.25. The molecule has 0 aliphatic carbocycles. The Labute approximate surface area is 172 Å². The Morgan fingerprint density at radius 1 is 1.04 bits per heavy atom. The van der Waals surface area contributed by atoms with Gasteiger partial charge >= 0.3 is 0 Å². The molecule has 0 fully saturated rings. The smallest absolute Gasteiger partial charge is 0.262 e. The van der Waals surface area contributed by atoms with E-state index in [2.05, 4.69) is 15.8 Å². The third-order valence-corrected chi connectivity index (χ3v) is 4.46. The van der Waals surface area contributed by atoms with Crippen LogP contribution < -0.4 is 10.7 Å². The van der Waals surface area contributed by atoms with Crippen molar-refractivity contribution in [3.63, 3.8) is 0 Å². The van der Waals surface area contributed by atoms with E-state index < -0.39 is 17.9 Å². The molecule has 0 spiro atoms. The highest BCUT2D eigenvalue weighted by Crippen LogP contribution is 2.19. The number of carbonyl (C=O) groups is 2. The van der Waals surface area contributed by atoms with Crippen molar-refractivity contribution in [3.05, 3.63) is 68.7 Å². The van der Waals surface area contributed by atoms with E-state index in [1.165, 1.54) is 12.3 Å². The van der Waals surface area contributed by atoms with Gasteiger partial charge in [0.05, 0.1) is 11.2 Å². The molecule has 0 aromatic heterocycles. The molecule has 5 nitrogen and oxygen atoms in total. The van der Waals surface area contributed by atoms with Gasteiger partial charge in [-0.25, -0.2) is 5.43 Å². The van der Waals surface area contributed by atoms with Gasteiger partial charge in [0.2, 0.25) is 0 Å². The van der Waals surface area contributed by atoms with Crippen LogP contribution >= 0.6 is 34.8 Å². The van der Waals surface area contributed by atoms with Gasteiger partial charge in [0.1, 0.15) is 6.04 Å². The zero-order valence-electron chi connectivity index (χ0n) is 14.7. The van der Waals surface area contributed by atoms with E-state index in [9.17, 15) is 9.59 Å². The number of amides is 2. The molecule has 27 heavy (non-hydrogen) atoms. The molecule has 0 heterocycles. The van der Waals surface area contributed by atoms with Gasteiger partial charge in [0, 0.05) is 21.2 Å². The minimum absolute atomic E-state index is 0.151. The van der Waals surface area contributed by atoms with Gasteiger partial charge in [-0.05, 0) is 36.2 Å². The number of hydrazone groups is 1. The standard InChI is InChI=1S/C19H18Cl3N3O2/c1-11(2)17(24-18(26)12-4-3-5-14(20)8-12)19(27)25-23-10-13-6-7-15(21)9-16(13)22/h3-11,17H,1-2H3,(H,24,26)(H,25,27)/b23-10+. The Morgan fingerprint density at radius 2 is 1.74 bits per heavy atom. The summed E-state index contributed by atoms with van der Waals surface area (Å²) in [6, 6.07) is 10.6. The van der Waals surface area contributed by atoms with Crippen molar-refractivity contribution in [2.45, 2.75) is 19.9 Å². The summed E-state index contributed by atoms with van der Waals surface area (Å²) in [5, 5.41) is 7.96. The van der Waals surface area contributed by atoms with Gasteiger partial charge in [0.15, 0.2) is 0 Å². The fourth-order valence-electron chi connectivity index (χ4n) is 2.23. The monoisotopic (exact) mass is 425 g/mol. The molecule has 0 radical (unpaired) electrons. The number of carbonyl (C=O) groups excluding carboxylic acids is 2. The normalized spacial score (nSPS) is 12.2. The van der Waals surface area contributed by atoms with E-state index in [4.69, 9.17) is 34.8 Å². The molecule has 0 aliphatic rings. The number of nitrogens with one attached hydrogen (secondary N) is 2. The van der Waals surface area contributed by atoms with Crippen LogP contribution in [0.5, 0.6) is 0 Å². The molecular weight excluding hydrogens is 409 g/mol. The SMILES string of the molecule is CC(C)C(NC(=O)c1cccc(Cl)c1)C(=O)N/N=C/c1ccc(Cl)cc1Cl.